The van der Waals surface area contributed by atoms with Crippen molar-refractivity contribution in [1.82, 2.24) is 15.2 Å². The number of nitrogens with one attached hydrogen (secondary N) is 1. The highest BCUT2D eigenvalue weighted by atomic mass is 16.2. The van der Waals surface area contributed by atoms with E-state index in [2.05, 4.69) is 10.3 Å². The van der Waals surface area contributed by atoms with E-state index in [1.807, 2.05) is 30.0 Å². The van der Waals surface area contributed by atoms with Gasteiger partial charge < -0.3 is 15.1 Å². The molecule has 2 rings (SSSR count). The monoisotopic (exact) mass is 290 g/mol. The number of likely N-dealkylation sites (tertiary alicyclic amines) is 1. The molecule has 2 amide bonds. The molecule has 1 fully saturated rings. The fourth-order valence-corrected chi connectivity index (χ4v) is 2.30. The highest BCUT2D eigenvalue weighted by molar-refractivity contribution is 5.94. The van der Waals surface area contributed by atoms with Crippen molar-refractivity contribution in [3.8, 4) is 0 Å². The Labute approximate surface area is 125 Å². The van der Waals surface area contributed by atoms with Crippen LogP contribution in [0.15, 0.2) is 18.3 Å². The van der Waals surface area contributed by atoms with Crippen LogP contribution in [-0.2, 0) is 4.79 Å². The minimum Gasteiger partial charge on any atom is -0.363 e. The number of carbonyl (C=O) groups is 2. The van der Waals surface area contributed by atoms with Crippen LogP contribution in [0.25, 0.3) is 0 Å². The minimum atomic E-state index is -0.124. The van der Waals surface area contributed by atoms with Gasteiger partial charge in [-0.1, -0.05) is 0 Å². The van der Waals surface area contributed by atoms with Crippen molar-refractivity contribution >= 4 is 17.6 Å². The lowest BCUT2D eigenvalue weighted by atomic mass is 10.2. The number of carbonyl (C=O) groups excluding carboxylic acids is 2. The molecule has 1 N–H and O–H groups in total. The van der Waals surface area contributed by atoms with E-state index in [0.29, 0.717) is 18.5 Å². The quantitative estimate of drug-likeness (QED) is 0.790. The van der Waals surface area contributed by atoms with Crippen LogP contribution in [0.4, 0.5) is 5.82 Å². The van der Waals surface area contributed by atoms with E-state index < -0.39 is 0 Å². The molecular formula is C15H22N4O2. The number of anilines is 1. The summed E-state index contributed by atoms with van der Waals surface area (Å²) in [4.78, 5) is 31.3. The molecule has 6 nitrogen and oxygen atoms in total. The molecule has 1 aliphatic rings. The Hall–Kier alpha value is -2.11. The Balaban J connectivity index is 1.72. The van der Waals surface area contributed by atoms with Crippen LogP contribution < -0.4 is 10.2 Å². The standard InChI is InChI=1S/C15H22N4O2/c1-18(2)13-7-6-12(11-17-13)15(21)16-8-4-10-19-9-3-5-14(19)20/h6-7,11H,3-5,8-10H2,1-2H3,(H,16,21). The van der Waals surface area contributed by atoms with E-state index in [9.17, 15) is 9.59 Å². The average Bonchev–Trinajstić information content (AvgIpc) is 2.89. The second kappa shape index (κ2) is 7.06. The summed E-state index contributed by atoms with van der Waals surface area (Å²) in [6.07, 6.45) is 3.97. The number of aromatic nitrogens is 1. The Bertz CT molecular complexity index is 499. The van der Waals surface area contributed by atoms with Gasteiger partial charge in [-0.05, 0) is 25.0 Å². The maximum atomic E-state index is 11.9. The van der Waals surface area contributed by atoms with Crippen molar-refractivity contribution in [3.63, 3.8) is 0 Å². The SMILES string of the molecule is CN(C)c1ccc(C(=O)NCCCN2CCCC2=O)cn1. The molecule has 21 heavy (non-hydrogen) atoms. The van der Waals surface area contributed by atoms with Gasteiger partial charge in [-0.2, -0.15) is 0 Å². The van der Waals surface area contributed by atoms with Gasteiger partial charge in [0, 0.05) is 46.3 Å². The lowest BCUT2D eigenvalue weighted by Gasteiger charge is -2.15. The van der Waals surface area contributed by atoms with Gasteiger partial charge in [0.05, 0.1) is 5.56 Å². The second-order valence-electron chi connectivity index (χ2n) is 5.39. The average molecular weight is 290 g/mol. The largest absolute Gasteiger partial charge is 0.363 e. The van der Waals surface area contributed by atoms with Crippen molar-refractivity contribution in [2.24, 2.45) is 0 Å². The lowest BCUT2D eigenvalue weighted by Crippen LogP contribution is -2.30. The topological polar surface area (TPSA) is 65.5 Å². The summed E-state index contributed by atoms with van der Waals surface area (Å²) in [6, 6.07) is 3.58. The number of amides is 2. The van der Waals surface area contributed by atoms with E-state index in [1.54, 1.807) is 12.3 Å². The molecular weight excluding hydrogens is 268 g/mol. The number of pyridine rings is 1. The fraction of sp³-hybridized carbons (Fsp3) is 0.533. The zero-order valence-electron chi connectivity index (χ0n) is 12.6. The predicted molar refractivity (Wildman–Crippen MR) is 81.3 cm³/mol. The normalized spacial score (nSPS) is 14.4. The van der Waals surface area contributed by atoms with Gasteiger partial charge in [0.15, 0.2) is 0 Å². The van der Waals surface area contributed by atoms with Crippen LogP contribution in [0, 0.1) is 0 Å². The lowest BCUT2D eigenvalue weighted by molar-refractivity contribution is -0.127. The molecule has 0 unspecified atom stereocenters. The van der Waals surface area contributed by atoms with Gasteiger partial charge in [0.2, 0.25) is 5.91 Å². The van der Waals surface area contributed by atoms with Gasteiger partial charge in [0.1, 0.15) is 5.82 Å². The van der Waals surface area contributed by atoms with Crippen LogP contribution in [0.1, 0.15) is 29.6 Å². The van der Waals surface area contributed by atoms with Crippen molar-refractivity contribution in [1.29, 1.82) is 0 Å². The molecule has 6 heteroatoms. The van der Waals surface area contributed by atoms with E-state index in [4.69, 9.17) is 0 Å². The third-order valence-electron chi connectivity index (χ3n) is 3.53. The van der Waals surface area contributed by atoms with E-state index >= 15 is 0 Å². The molecule has 1 aromatic heterocycles. The molecule has 0 atom stereocenters. The number of nitrogens with zero attached hydrogens (tertiary/aromatic N) is 3. The molecule has 114 valence electrons. The zero-order chi connectivity index (χ0) is 15.2. The fourth-order valence-electron chi connectivity index (χ4n) is 2.30. The van der Waals surface area contributed by atoms with E-state index in [1.165, 1.54) is 0 Å². The van der Waals surface area contributed by atoms with E-state index in [0.717, 1.165) is 31.7 Å². The summed E-state index contributed by atoms with van der Waals surface area (Å²) >= 11 is 0. The Morgan fingerprint density at radius 2 is 2.24 bits per heavy atom. The predicted octanol–water partition coefficient (Wildman–Crippen LogP) is 0.890. The Morgan fingerprint density at radius 1 is 1.43 bits per heavy atom. The molecule has 0 spiro atoms. The van der Waals surface area contributed by atoms with Crippen molar-refractivity contribution in [3.05, 3.63) is 23.9 Å². The molecule has 0 radical (unpaired) electrons. The third-order valence-corrected chi connectivity index (χ3v) is 3.53. The first-order valence-corrected chi connectivity index (χ1v) is 7.27. The highest BCUT2D eigenvalue weighted by Crippen LogP contribution is 2.10. The Morgan fingerprint density at radius 3 is 2.81 bits per heavy atom. The van der Waals surface area contributed by atoms with Crippen LogP contribution in [0.2, 0.25) is 0 Å². The van der Waals surface area contributed by atoms with Crippen LogP contribution >= 0.6 is 0 Å². The number of rotatable bonds is 6. The molecule has 0 bridgehead atoms. The smallest absolute Gasteiger partial charge is 0.252 e. The van der Waals surface area contributed by atoms with Gasteiger partial charge in [-0.15, -0.1) is 0 Å². The molecule has 1 aliphatic heterocycles. The van der Waals surface area contributed by atoms with Crippen molar-refractivity contribution in [2.75, 3.05) is 38.6 Å². The molecule has 2 heterocycles. The van der Waals surface area contributed by atoms with Crippen molar-refractivity contribution < 1.29 is 9.59 Å². The number of hydrogen-bond donors (Lipinski definition) is 1. The van der Waals surface area contributed by atoms with Crippen LogP contribution in [0.3, 0.4) is 0 Å². The summed E-state index contributed by atoms with van der Waals surface area (Å²) in [5.41, 5.74) is 0.554. The minimum absolute atomic E-state index is 0.124. The first-order valence-electron chi connectivity index (χ1n) is 7.27. The van der Waals surface area contributed by atoms with Crippen LogP contribution in [0.5, 0.6) is 0 Å². The van der Waals surface area contributed by atoms with Gasteiger partial charge >= 0.3 is 0 Å². The summed E-state index contributed by atoms with van der Waals surface area (Å²) in [7, 11) is 3.81. The Kier molecular flexibility index (Phi) is 5.14. The molecule has 1 aromatic rings. The maximum absolute atomic E-state index is 11.9. The molecule has 0 aliphatic carbocycles. The van der Waals surface area contributed by atoms with Gasteiger partial charge in [-0.25, -0.2) is 4.98 Å². The summed E-state index contributed by atoms with van der Waals surface area (Å²) in [5.74, 6) is 0.921. The summed E-state index contributed by atoms with van der Waals surface area (Å²) in [6.45, 7) is 2.14. The van der Waals surface area contributed by atoms with Gasteiger partial charge in [0.25, 0.3) is 5.91 Å². The molecule has 0 saturated carbocycles. The first-order chi connectivity index (χ1) is 10.1. The van der Waals surface area contributed by atoms with Gasteiger partial charge in [-0.3, -0.25) is 9.59 Å². The first kappa shape index (κ1) is 15.3. The van der Waals surface area contributed by atoms with Crippen molar-refractivity contribution in [2.45, 2.75) is 19.3 Å². The maximum Gasteiger partial charge on any atom is 0.252 e. The van der Waals surface area contributed by atoms with E-state index in [-0.39, 0.29) is 11.8 Å². The summed E-state index contributed by atoms with van der Waals surface area (Å²) in [5, 5.41) is 2.86. The molecule has 0 aromatic carbocycles. The van der Waals surface area contributed by atoms with Crippen LogP contribution in [-0.4, -0.2) is 55.4 Å². The second-order valence-corrected chi connectivity index (χ2v) is 5.39. The number of hydrogen-bond acceptors (Lipinski definition) is 4. The third kappa shape index (κ3) is 4.18. The highest BCUT2D eigenvalue weighted by Gasteiger charge is 2.19. The zero-order valence-corrected chi connectivity index (χ0v) is 12.6. The summed E-state index contributed by atoms with van der Waals surface area (Å²) < 4.78 is 0. The molecule has 1 saturated heterocycles.